The molecule has 1 amide bonds. The van der Waals surface area contributed by atoms with Gasteiger partial charge in [-0.05, 0) is 18.9 Å². The van der Waals surface area contributed by atoms with E-state index >= 15 is 0 Å². The molecule has 1 rings (SSSR count). The largest absolute Gasteiger partial charge is 0.338 e. The number of likely N-dealkylation sites (tertiary alicyclic amines) is 1. The van der Waals surface area contributed by atoms with Crippen LogP contribution in [0.2, 0.25) is 0 Å². The minimum atomic E-state index is 0.0231. The Hall–Kier alpha value is -0.790. The topological polar surface area (TPSA) is 20.3 Å². The highest BCUT2D eigenvalue weighted by Gasteiger charge is 2.24. The van der Waals surface area contributed by atoms with Gasteiger partial charge in [-0.3, -0.25) is 4.79 Å². The molecule has 0 aromatic heterocycles. The monoisotopic (exact) mass is 124 g/mol. The van der Waals surface area contributed by atoms with Gasteiger partial charge in [0.1, 0.15) is 0 Å². The van der Waals surface area contributed by atoms with Gasteiger partial charge < -0.3 is 4.90 Å². The van der Waals surface area contributed by atoms with Crippen LogP contribution in [0.5, 0.6) is 0 Å². The molecule has 1 aliphatic rings. The van der Waals surface area contributed by atoms with Crippen molar-refractivity contribution in [1.82, 2.24) is 4.90 Å². The number of amides is 1. The van der Waals surface area contributed by atoms with E-state index in [1.807, 2.05) is 0 Å². The van der Waals surface area contributed by atoms with E-state index < -0.39 is 0 Å². The van der Waals surface area contributed by atoms with Gasteiger partial charge in [-0.1, -0.05) is 6.58 Å². The second kappa shape index (κ2) is 2.21. The van der Waals surface area contributed by atoms with Gasteiger partial charge in [0.05, 0.1) is 0 Å². The lowest BCUT2D eigenvalue weighted by Crippen LogP contribution is -2.48. The van der Waals surface area contributed by atoms with E-state index in [4.69, 9.17) is 0 Å². The van der Waals surface area contributed by atoms with E-state index in [0.717, 1.165) is 13.1 Å². The van der Waals surface area contributed by atoms with Gasteiger partial charge in [-0.2, -0.15) is 0 Å². The Morgan fingerprint density at radius 3 is 2.56 bits per heavy atom. The maximum atomic E-state index is 10.7. The zero-order chi connectivity index (χ0) is 6.85. The van der Waals surface area contributed by atoms with Crippen LogP contribution in [0, 0.1) is 12.8 Å². The van der Waals surface area contributed by atoms with Crippen molar-refractivity contribution in [1.29, 1.82) is 0 Å². The summed E-state index contributed by atoms with van der Waals surface area (Å²) in [6.07, 6.45) is 1.34. The summed E-state index contributed by atoms with van der Waals surface area (Å²) in [5.74, 6) is 0.462. The third-order valence-electron chi connectivity index (χ3n) is 1.44. The molecule has 49 valence electrons. The van der Waals surface area contributed by atoms with E-state index in [0.29, 0.717) is 5.92 Å². The minimum absolute atomic E-state index is 0.0231. The Labute approximate surface area is 55.2 Å². The Kier molecular flexibility index (Phi) is 1.56. The van der Waals surface area contributed by atoms with Crippen molar-refractivity contribution in [3.05, 3.63) is 19.6 Å². The molecule has 0 saturated carbocycles. The van der Waals surface area contributed by atoms with Crippen LogP contribution in [-0.4, -0.2) is 23.9 Å². The average molecular weight is 124 g/mol. The van der Waals surface area contributed by atoms with Gasteiger partial charge in [-0.15, -0.1) is 0 Å². The number of rotatable bonds is 1. The first-order valence-electron chi connectivity index (χ1n) is 2.98. The molecular formula is C7H10NO. The summed E-state index contributed by atoms with van der Waals surface area (Å²) in [6, 6.07) is 0. The van der Waals surface area contributed by atoms with Crippen molar-refractivity contribution >= 4 is 5.91 Å². The summed E-state index contributed by atoms with van der Waals surface area (Å²) < 4.78 is 0. The number of carbonyl (C=O) groups excluding carboxylic acids is 1. The lowest BCUT2D eigenvalue weighted by Gasteiger charge is -2.36. The normalized spacial score (nSPS) is 19.0. The van der Waals surface area contributed by atoms with Crippen molar-refractivity contribution < 1.29 is 4.79 Å². The van der Waals surface area contributed by atoms with E-state index in [2.05, 4.69) is 13.5 Å². The van der Waals surface area contributed by atoms with Gasteiger partial charge in [0.25, 0.3) is 0 Å². The third kappa shape index (κ3) is 1.12. The highest BCUT2D eigenvalue weighted by Crippen LogP contribution is 2.13. The molecule has 0 aliphatic carbocycles. The number of hydrogen-bond acceptors (Lipinski definition) is 1. The summed E-state index contributed by atoms with van der Waals surface area (Å²) >= 11 is 0. The van der Waals surface area contributed by atoms with Crippen molar-refractivity contribution in [3.8, 4) is 0 Å². The van der Waals surface area contributed by atoms with Gasteiger partial charge in [-0.25, -0.2) is 0 Å². The molecule has 1 aliphatic heterocycles. The average Bonchev–Trinajstić information content (AvgIpc) is 1.79. The highest BCUT2D eigenvalue weighted by atomic mass is 16.2. The van der Waals surface area contributed by atoms with Crippen LogP contribution in [0.1, 0.15) is 0 Å². The molecule has 9 heavy (non-hydrogen) atoms. The molecule has 0 unspecified atom stereocenters. The van der Waals surface area contributed by atoms with E-state index in [9.17, 15) is 4.79 Å². The van der Waals surface area contributed by atoms with Crippen LogP contribution in [0.25, 0.3) is 0 Å². The Morgan fingerprint density at radius 2 is 2.22 bits per heavy atom. The number of carbonyl (C=O) groups is 1. The number of hydrogen-bond donors (Lipinski definition) is 0. The van der Waals surface area contributed by atoms with E-state index in [1.165, 1.54) is 6.08 Å². The van der Waals surface area contributed by atoms with Crippen molar-refractivity contribution in [2.24, 2.45) is 5.92 Å². The molecular weight excluding hydrogens is 114 g/mol. The minimum Gasteiger partial charge on any atom is -0.338 e. The number of nitrogens with zero attached hydrogens (tertiary/aromatic N) is 1. The zero-order valence-electron chi connectivity index (χ0n) is 5.34. The molecule has 0 bridgehead atoms. The van der Waals surface area contributed by atoms with Crippen LogP contribution in [0.4, 0.5) is 0 Å². The van der Waals surface area contributed by atoms with Crippen LogP contribution < -0.4 is 0 Å². The first kappa shape index (κ1) is 6.33. The zero-order valence-corrected chi connectivity index (χ0v) is 5.34. The first-order chi connectivity index (χ1) is 4.24. The molecule has 1 saturated heterocycles. The smallest absolute Gasteiger partial charge is 0.245 e. The molecule has 0 atom stereocenters. The van der Waals surface area contributed by atoms with E-state index in [-0.39, 0.29) is 5.91 Å². The van der Waals surface area contributed by atoms with Crippen LogP contribution in [0.15, 0.2) is 12.7 Å². The molecule has 1 radical (unpaired) electrons. The van der Waals surface area contributed by atoms with Crippen molar-refractivity contribution in [2.75, 3.05) is 13.1 Å². The SMILES string of the molecule is [CH2]C1CN(C(=O)C=C)C1. The molecule has 0 spiro atoms. The quantitative estimate of drug-likeness (QED) is 0.465. The first-order valence-corrected chi connectivity index (χ1v) is 2.98. The van der Waals surface area contributed by atoms with E-state index in [1.54, 1.807) is 4.90 Å². The van der Waals surface area contributed by atoms with Gasteiger partial charge in [0.2, 0.25) is 5.91 Å². The molecule has 1 fully saturated rings. The summed E-state index contributed by atoms with van der Waals surface area (Å²) in [4.78, 5) is 12.4. The third-order valence-corrected chi connectivity index (χ3v) is 1.44. The second-order valence-electron chi connectivity index (χ2n) is 2.31. The molecule has 2 heteroatoms. The van der Waals surface area contributed by atoms with Gasteiger partial charge in [0, 0.05) is 13.1 Å². The lowest BCUT2D eigenvalue weighted by atomic mass is 10.0. The Morgan fingerprint density at radius 1 is 1.67 bits per heavy atom. The maximum Gasteiger partial charge on any atom is 0.245 e. The lowest BCUT2D eigenvalue weighted by molar-refractivity contribution is -0.131. The molecule has 1 heterocycles. The summed E-state index contributed by atoms with van der Waals surface area (Å²) in [5.41, 5.74) is 0. The Balaban J connectivity index is 2.31. The Bertz CT molecular complexity index is 136. The molecule has 0 aromatic carbocycles. The van der Waals surface area contributed by atoms with Gasteiger partial charge in [0.15, 0.2) is 0 Å². The maximum absolute atomic E-state index is 10.7. The molecule has 2 nitrogen and oxygen atoms in total. The van der Waals surface area contributed by atoms with Crippen molar-refractivity contribution in [2.45, 2.75) is 0 Å². The molecule has 0 N–H and O–H groups in total. The highest BCUT2D eigenvalue weighted by molar-refractivity contribution is 5.87. The standard InChI is InChI=1S/C7H10NO/c1-3-7(9)8-4-6(2)5-8/h3,6H,1-2,4-5H2. The summed E-state index contributed by atoms with van der Waals surface area (Å²) in [6.45, 7) is 8.75. The van der Waals surface area contributed by atoms with Gasteiger partial charge >= 0.3 is 0 Å². The summed E-state index contributed by atoms with van der Waals surface area (Å²) in [7, 11) is 0. The van der Waals surface area contributed by atoms with Crippen LogP contribution in [0.3, 0.4) is 0 Å². The fourth-order valence-electron chi connectivity index (χ4n) is 0.879. The van der Waals surface area contributed by atoms with Crippen molar-refractivity contribution in [3.63, 3.8) is 0 Å². The summed E-state index contributed by atoms with van der Waals surface area (Å²) in [5, 5.41) is 0. The fourth-order valence-corrected chi connectivity index (χ4v) is 0.879. The molecule has 0 aromatic rings. The predicted molar refractivity (Wildman–Crippen MR) is 35.6 cm³/mol. The predicted octanol–water partition coefficient (Wildman–Crippen LogP) is 0.465. The fraction of sp³-hybridized carbons (Fsp3) is 0.429. The van der Waals surface area contributed by atoms with Crippen LogP contribution >= 0.6 is 0 Å². The second-order valence-corrected chi connectivity index (χ2v) is 2.31. The van der Waals surface area contributed by atoms with Crippen LogP contribution in [-0.2, 0) is 4.79 Å².